The Morgan fingerprint density at radius 2 is 2.16 bits per heavy atom. The lowest BCUT2D eigenvalue weighted by Crippen LogP contribution is -2.21. The minimum absolute atomic E-state index is 0.0270. The van der Waals surface area contributed by atoms with Crippen molar-refractivity contribution in [3.8, 4) is 5.75 Å². The van der Waals surface area contributed by atoms with E-state index in [1.54, 1.807) is 6.07 Å². The van der Waals surface area contributed by atoms with Gasteiger partial charge < -0.3 is 20.3 Å². The molecule has 4 nitrogen and oxygen atoms in total. The summed E-state index contributed by atoms with van der Waals surface area (Å²) in [6.45, 7) is 4.86. The summed E-state index contributed by atoms with van der Waals surface area (Å²) < 4.78 is 5.34. The lowest BCUT2D eigenvalue weighted by atomic mass is 10.1. The molecule has 3 N–H and O–H groups in total. The molecule has 5 heteroatoms. The van der Waals surface area contributed by atoms with Crippen molar-refractivity contribution in [2.75, 3.05) is 19.8 Å². The van der Waals surface area contributed by atoms with E-state index in [4.69, 9.17) is 21.4 Å². The molecule has 19 heavy (non-hydrogen) atoms. The van der Waals surface area contributed by atoms with Crippen molar-refractivity contribution in [1.29, 1.82) is 0 Å². The van der Waals surface area contributed by atoms with Crippen LogP contribution in [0.4, 0.5) is 0 Å². The van der Waals surface area contributed by atoms with Gasteiger partial charge in [-0.15, -0.1) is 0 Å². The zero-order valence-electron chi connectivity index (χ0n) is 11.4. The van der Waals surface area contributed by atoms with E-state index in [1.165, 1.54) is 0 Å². The average molecular weight is 288 g/mol. The molecule has 1 rings (SSSR count). The molecule has 0 saturated carbocycles. The maximum atomic E-state index is 9.22. The average Bonchev–Trinajstić information content (AvgIpc) is 2.42. The quantitative estimate of drug-likeness (QED) is 0.685. The fraction of sp³-hybridized carbons (Fsp3) is 0.571. The lowest BCUT2D eigenvalue weighted by molar-refractivity contribution is 0.0536. The third-order valence-electron chi connectivity index (χ3n) is 2.80. The molecule has 0 spiro atoms. The highest BCUT2D eigenvalue weighted by Crippen LogP contribution is 2.28. The molecule has 2 atom stereocenters. The van der Waals surface area contributed by atoms with Crippen LogP contribution < -0.4 is 10.1 Å². The smallest absolute Gasteiger partial charge is 0.138 e. The number of hydrogen-bond acceptors (Lipinski definition) is 4. The predicted octanol–water partition coefficient (Wildman–Crippen LogP) is 2.13. The third-order valence-corrected chi connectivity index (χ3v) is 3.09. The zero-order chi connectivity index (χ0) is 14.3. The van der Waals surface area contributed by atoms with Crippen molar-refractivity contribution in [2.45, 2.75) is 32.4 Å². The Morgan fingerprint density at radius 3 is 2.74 bits per heavy atom. The fourth-order valence-corrected chi connectivity index (χ4v) is 1.86. The highest BCUT2D eigenvalue weighted by atomic mass is 35.5. The number of ether oxygens (including phenoxy) is 1. The first-order valence-corrected chi connectivity index (χ1v) is 6.90. The van der Waals surface area contributed by atoms with Crippen LogP contribution in [0.15, 0.2) is 18.2 Å². The van der Waals surface area contributed by atoms with Gasteiger partial charge in [-0.05, 0) is 37.6 Å². The molecule has 0 aliphatic carbocycles. The van der Waals surface area contributed by atoms with E-state index in [2.05, 4.69) is 19.2 Å². The molecule has 1 aromatic carbocycles. The Morgan fingerprint density at radius 1 is 1.42 bits per heavy atom. The number of benzene rings is 1. The van der Waals surface area contributed by atoms with Gasteiger partial charge in [-0.25, -0.2) is 0 Å². The molecule has 108 valence electrons. The van der Waals surface area contributed by atoms with Crippen molar-refractivity contribution in [1.82, 2.24) is 5.32 Å². The summed E-state index contributed by atoms with van der Waals surface area (Å²) in [5.74, 6) is 0.514. The van der Waals surface area contributed by atoms with Gasteiger partial charge >= 0.3 is 0 Å². The van der Waals surface area contributed by atoms with Crippen LogP contribution in [0.25, 0.3) is 0 Å². The molecule has 0 aliphatic rings. The van der Waals surface area contributed by atoms with E-state index >= 15 is 0 Å². The molecular formula is C14H22ClNO3. The van der Waals surface area contributed by atoms with Crippen molar-refractivity contribution in [3.63, 3.8) is 0 Å². The molecule has 0 fully saturated rings. The number of rotatable bonds is 8. The van der Waals surface area contributed by atoms with Gasteiger partial charge in [0.15, 0.2) is 0 Å². The molecule has 0 saturated heterocycles. The second-order valence-electron chi connectivity index (χ2n) is 4.51. The number of nitrogens with one attached hydrogen (secondary N) is 1. The van der Waals surface area contributed by atoms with Gasteiger partial charge in [-0.3, -0.25) is 0 Å². The van der Waals surface area contributed by atoms with Crippen LogP contribution in [0.5, 0.6) is 5.75 Å². The Balaban J connectivity index is 2.63. The van der Waals surface area contributed by atoms with E-state index in [0.717, 1.165) is 18.5 Å². The van der Waals surface area contributed by atoms with Crippen LogP contribution in [-0.4, -0.2) is 36.1 Å². The zero-order valence-corrected chi connectivity index (χ0v) is 12.2. The monoisotopic (exact) mass is 287 g/mol. The normalized spacial score (nSPS) is 14.2. The van der Waals surface area contributed by atoms with Crippen molar-refractivity contribution in [3.05, 3.63) is 28.8 Å². The van der Waals surface area contributed by atoms with Crippen LogP contribution in [0.2, 0.25) is 5.02 Å². The van der Waals surface area contributed by atoms with Gasteiger partial charge in [0, 0.05) is 6.04 Å². The summed E-state index contributed by atoms with van der Waals surface area (Å²) in [6, 6.07) is 5.82. The van der Waals surface area contributed by atoms with Crippen molar-refractivity contribution in [2.24, 2.45) is 0 Å². The molecule has 2 unspecified atom stereocenters. The van der Waals surface area contributed by atoms with Crippen molar-refractivity contribution >= 4 is 11.6 Å². The largest absolute Gasteiger partial charge is 0.489 e. The second-order valence-corrected chi connectivity index (χ2v) is 4.92. The third kappa shape index (κ3) is 5.37. The van der Waals surface area contributed by atoms with E-state index < -0.39 is 6.10 Å². The van der Waals surface area contributed by atoms with Crippen LogP contribution in [0.1, 0.15) is 31.9 Å². The molecule has 0 aromatic heterocycles. The van der Waals surface area contributed by atoms with Crippen molar-refractivity contribution < 1.29 is 14.9 Å². The first-order chi connectivity index (χ1) is 9.08. The van der Waals surface area contributed by atoms with Crippen LogP contribution in [0.3, 0.4) is 0 Å². The topological polar surface area (TPSA) is 61.7 Å². The fourth-order valence-electron chi connectivity index (χ4n) is 1.62. The first-order valence-electron chi connectivity index (χ1n) is 6.53. The Bertz CT molecular complexity index is 387. The predicted molar refractivity (Wildman–Crippen MR) is 76.7 cm³/mol. The van der Waals surface area contributed by atoms with Gasteiger partial charge in [0.2, 0.25) is 0 Å². The van der Waals surface area contributed by atoms with Gasteiger partial charge in [-0.2, -0.15) is 0 Å². The Labute approximate surface area is 119 Å². The summed E-state index contributed by atoms with van der Waals surface area (Å²) >= 11 is 6.14. The standard InChI is InChI=1S/C14H22ClNO3/c1-3-6-16-10(2)11-4-5-14(13(15)7-11)19-9-12(18)8-17/h4-5,7,10,12,16-18H,3,6,8-9H2,1-2H3. The molecule has 0 radical (unpaired) electrons. The maximum Gasteiger partial charge on any atom is 0.138 e. The summed E-state index contributed by atoms with van der Waals surface area (Å²) in [6.07, 6.45) is 0.194. The molecule has 0 amide bonds. The second kappa shape index (κ2) is 8.38. The molecule has 0 heterocycles. The van der Waals surface area contributed by atoms with Gasteiger partial charge in [-0.1, -0.05) is 24.6 Å². The minimum Gasteiger partial charge on any atom is -0.489 e. The Hall–Kier alpha value is -0.810. The van der Waals surface area contributed by atoms with E-state index in [9.17, 15) is 5.11 Å². The lowest BCUT2D eigenvalue weighted by Gasteiger charge is -2.16. The van der Waals surface area contributed by atoms with E-state index in [-0.39, 0.29) is 19.3 Å². The first kappa shape index (κ1) is 16.2. The minimum atomic E-state index is -0.888. The SMILES string of the molecule is CCCNC(C)c1ccc(OCC(O)CO)c(Cl)c1. The molecule has 0 aliphatic heterocycles. The van der Waals surface area contributed by atoms with Gasteiger partial charge in [0.25, 0.3) is 0 Å². The summed E-state index contributed by atoms with van der Waals surface area (Å²) in [4.78, 5) is 0. The van der Waals surface area contributed by atoms with E-state index in [1.807, 2.05) is 12.1 Å². The maximum absolute atomic E-state index is 9.22. The number of halogens is 1. The highest BCUT2D eigenvalue weighted by molar-refractivity contribution is 6.32. The number of hydrogen-bond donors (Lipinski definition) is 3. The molecular weight excluding hydrogens is 266 g/mol. The van der Waals surface area contributed by atoms with Crippen LogP contribution in [0, 0.1) is 0 Å². The molecule has 0 bridgehead atoms. The van der Waals surface area contributed by atoms with Crippen LogP contribution >= 0.6 is 11.6 Å². The number of aliphatic hydroxyl groups is 2. The highest BCUT2D eigenvalue weighted by Gasteiger charge is 2.10. The van der Waals surface area contributed by atoms with E-state index in [0.29, 0.717) is 10.8 Å². The molecule has 1 aromatic rings. The Kier molecular flexibility index (Phi) is 7.16. The summed E-state index contributed by atoms with van der Waals surface area (Å²) in [5.41, 5.74) is 1.09. The van der Waals surface area contributed by atoms with Gasteiger partial charge in [0.1, 0.15) is 18.5 Å². The van der Waals surface area contributed by atoms with Gasteiger partial charge in [0.05, 0.1) is 11.6 Å². The van der Waals surface area contributed by atoms with Crippen LogP contribution in [-0.2, 0) is 0 Å². The summed E-state index contributed by atoms with van der Waals surface area (Å²) in [7, 11) is 0. The summed E-state index contributed by atoms with van der Waals surface area (Å²) in [5, 5.41) is 21.8. The number of aliphatic hydroxyl groups excluding tert-OH is 2.